The highest BCUT2D eigenvalue weighted by Crippen LogP contribution is 2.14. The second-order valence-corrected chi connectivity index (χ2v) is 7.11. The minimum atomic E-state index is -0.0606. The van der Waals surface area contributed by atoms with E-state index in [9.17, 15) is 9.59 Å². The van der Waals surface area contributed by atoms with Crippen LogP contribution in [0.25, 0.3) is 0 Å². The molecule has 2 aromatic rings. The Balaban J connectivity index is 2.01. The summed E-state index contributed by atoms with van der Waals surface area (Å²) in [7, 11) is 0. The number of nitrogens with zero attached hydrogens (tertiary/aromatic N) is 1. The average Bonchev–Trinajstić information content (AvgIpc) is 2.67. The summed E-state index contributed by atoms with van der Waals surface area (Å²) in [6.45, 7) is 10.1. The van der Waals surface area contributed by atoms with Gasteiger partial charge in [0.15, 0.2) is 0 Å². The quantitative estimate of drug-likeness (QED) is 0.757. The SMILES string of the molecule is CCN(CC)C(=O)c1ccc(CNC(=O)c2ccccc2CC(C)C)cc1. The van der Waals surface area contributed by atoms with Gasteiger partial charge in [-0.25, -0.2) is 0 Å². The molecule has 0 saturated carbocycles. The van der Waals surface area contributed by atoms with Gasteiger partial charge in [0.1, 0.15) is 0 Å². The molecule has 2 amide bonds. The zero-order valence-corrected chi connectivity index (χ0v) is 16.8. The summed E-state index contributed by atoms with van der Waals surface area (Å²) in [5.74, 6) is 0.475. The molecule has 0 bridgehead atoms. The zero-order valence-electron chi connectivity index (χ0n) is 16.8. The Morgan fingerprint density at radius 2 is 1.59 bits per heavy atom. The molecular formula is C23H30N2O2. The lowest BCUT2D eigenvalue weighted by Crippen LogP contribution is -2.30. The van der Waals surface area contributed by atoms with Crippen molar-refractivity contribution in [3.63, 3.8) is 0 Å². The third-order valence-corrected chi connectivity index (χ3v) is 4.59. The molecular weight excluding hydrogens is 336 g/mol. The van der Waals surface area contributed by atoms with Crippen molar-refractivity contribution in [2.45, 2.75) is 40.7 Å². The van der Waals surface area contributed by atoms with Crippen molar-refractivity contribution in [1.29, 1.82) is 0 Å². The predicted octanol–water partition coefficient (Wildman–Crippen LogP) is 4.30. The first-order valence-electron chi connectivity index (χ1n) is 9.70. The molecule has 0 aromatic heterocycles. The maximum absolute atomic E-state index is 12.6. The summed E-state index contributed by atoms with van der Waals surface area (Å²) < 4.78 is 0. The highest BCUT2D eigenvalue weighted by Gasteiger charge is 2.13. The van der Waals surface area contributed by atoms with E-state index in [4.69, 9.17) is 0 Å². The van der Waals surface area contributed by atoms with Crippen LogP contribution in [0.5, 0.6) is 0 Å². The minimum Gasteiger partial charge on any atom is -0.348 e. The number of amides is 2. The van der Waals surface area contributed by atoms with Gasteiger partial charge in [-0.15, -0.1) is 0 Å². The van der Waals surface area contributed by atoms with Gasteiger partial charge in [-0.05, 0) is 55.5 Å². The van der Waals surface area contributed by atoms with Crippen LogP contribution in [0.15, 0.2) is 48.5 Å². The zero-order chi connectivity index (χ0) is 19.8. The third kappa shape index (κ3) is 5.68. The number of carbonyl (C=O) groups excluding carboxylic acids is 2. The van der Waals surface area contributed by atoms with Crippen molar-refractivity contribution in [1.82, 2.24) is 10.2 Å². The first-order valence-corrected chi connectivity index (χ1v) is 9.70. The van der Waals surface area contributed by atoms with Crippen molar-refractivity contribution >= 4 is 11.8 Å². The van der Waals surface area contributed by atoms with E-state index >= 15 is 0 Å². The van der Waals surface area contributed by atoms with Crippen molar-refractivity contribution in [3.05, 3.63) is 70.8 Å². The second-order valence-electron chi connectivity index (χ2n) is 7.11. The van der Waals surface area contributed by atoms with E-state index in [2.05, 4.69) is 19.2 Å². The minimum absolute atomic E-state index is 0.0400. The van der Waals surface area contributed by atoms with E-state index < -0.39 is 0 Å². The van der Waals surface area contributed by atoms with Crippen molar-refractivity contribution in [3.8, 4) is 0 Å². The average molecular weight is 367 g/mol. The fraction of sp³-hybridized carbons (Fsp3) is 0.391. The molecule has 0 fully saturated rings. The molecule has 144 valence electrons. The highest BCUT2D eigenvalue weighted by molar-refractivity contribution is 5.96. The van der Waals surface area contributed by atoms with Crippen LogP contribution in [-0.2, 0) is 13.0 Å². The Labute approximate surface area is 162 Å². The van der Waals surface area contributed by atoms with E-state index in [0.29, 0.717) is 31.1 Å². The number of rotatable bonds is 8. The molecule has 4 nitrogen and oxygen atoms in total. The Bertz CT molecular complexity index is 762. The lowest BCUT2D eigenvalue weighted by molar-refractivity contribution is 0.0772. The van der Waals surface area contributed by atoms with Crippen LogP contribution in [-0.4, -0.2) is 29.8 Å². The van der Waals surface area contributed by atoms with Crippen LogP contribution >= 0.6 is 0 Å². The number of benzene rings is 2. The van der Waals surface area contributed by atoms with Gasteiger partial charge in [-0.2, -0.15) is 0 Å². The molecule has 0 saturated heterocycles. The van der Waals surface area contributed by atoms with Crippen LogP contribution in [0.4, 0.5) is 0 Å². The lowest BCUT2D eigenvalue weighted by atomic mass is 9.97. The maximum atomic E-state index is 12.6. The standard InChI is InChI=1S/C23H30N2O2/c1-5-25(6-2)23(27)19-13-11-18(12-14-19)16-24-22(26)21-10-8-7-9-20(21)15-17(3)4/h7-14,17H,5-6,15-16H2,1-4H3,(H,24,26). The number of carbonyl (C=O) groups is 2. The van der Waals surface area contributed by atoms with E-state index in [1.54, 1.807) is 4.90 Å². The summed E-state index contributed by atoms with van der Waals surface area (Å²) in [5.41, 5.74) is 3.46. The third-order valence-electron chi connectivity index (χ3n) is 4.59. The van der Waals surface area contributed by atoms with Crippen molar-refractivity contribution in [2.24, 2.45) is 5.92 Å². The van der Waals surface area contributed by atoms with Gasteiger partial charge in [0, 0.05) is 30.8 Å². The summed E-state index contributed by atoms with van der Waals surface area (Å²) in [6.07, 6.45) is 0.881. The molecule has 1 N–H and O–H groups in total. The summed E-state index contributed by atoms with van der Waals surface area (Å²) in [4.78, 5) is 26.7. The Morgan fingerprint density at radius 3 is 2.19 bits per heavy atom. The molecule has 0 atom stereocenters. The highest BCUT2D eigenvalue weighted by atomic mass is 16.2. The summed E-state index contributed by atoms with van der Waals surface area (Å²) in [5, 5.41) is 2.99. The van der Waals surface area contributed by atoms with Gasteiger partial charge in [-0.3, -0.25) is 9.59 Å². The normalized spacial score (nSPS) is 10.7. The van der Waals surface area contributed by atoms with Crippen LogP contribution in [0.1, 0.15) is 59.5 Å². The Kier molecular flexibility index (Phi) is 7.59. The van der Waals surface area contributed by atoms with Crippen molar-refractivity contribution in [2.75, 3.05) is 13.1 Å². The number of hydrogen-bond acceptors (Lipinski definition) is 2. The largest absolute Gasteiger partial charge is 0.348 e. The van der Waals surface area contributed by atoms with Crippen LogP contribution in [0.2, 0.25) is 0 Å². The van der Waals surface area contributed by atoms with E-state index in [0.717, 1.165) is 23.1 Å². The van der Waals surface area contributed by atoms with Gasteiger partial charge in [0.05, 0.1) is 0 Å². The van der Waals surface area contributed by atoms with Crippen LogP contribution in [0.3, 0.4) is 0 Å². The molecule has 0 aliphatic heterocycles. The molecule has 27 heavy (non-hydrogen) atoms. The lowest BCUT2D eigenvalue weighted by Gasteiger charge is -2.18. The van der Waals surface area contributed by atoms with E-state index in [1.807, 2.05) is 62.4 Å². The molecule has 2 aromatic carbocycles. The van der Waals surface area contributed by atoms with E-state index in [1.165, 1.54) is 0 Å². The van der Waals surface area contributed by atoms with Gasteiger partial charge >= 0.3 is 0 Å². The summed E-state index contributed by atoms with van der Waals surface area (Å²) in [6, 6.07) is 15.2. The van der Waals surface area contributed by atoms with Gasteiger partial charge in [0.25, 0.3) is 11.8 Å². The van der Waals surface area contributed by atoms with Crippen molar-refractivity contribution < 1.29 is 9.59 Å². The number of hydrogen-bond donors (Lipinski definition) is 1. The van der Waals surface area contributed by atoms with Gasteiger partial charge in [-0.1, -0.05) is 44.2 Å². The van der Waals surface area contributed by atoms with Crippen LogP contribution in [0, 0.1) is 5.92 Å². The molecule has 2 rings (SSSR count). The van der Waals surface area contributed by atoms with E-state index in [-0.39, 0.29) is 11.8 Å². The first-order chi connectivity index (χ1) is 13.0. The molecule has 0 heterocycles. The fourth-order valence-corrected chi connectivity index (χ4v) is 3.10. The van der Waals surface area contributed by atoms with Crippen LogP contribution < -0.4 is 5.32 Å². The maximum Gasteiger partial charge on any atom is 0.253 e. The molecule has 0 unspecified atom stereocenters. The molecule has 4 heteroatoms. The van der Waals surface area contributed by atoms with Gasteiger partial charge in [0.2, 0.25) is 0 Å². The smallest absolute Gasteiger partial charge is 0.253 e. The molecule has 0 spiro atoms. The monoisotopic (exact) mass is 366 g/mol. The topological polar surface area (TPSA) is 49.4 Å². The summed E-state index contributed by atoms with van der Waals surface area (Å²) >= 11 is 0. The molecule has 0 aliphatic carbocycles. The second kappa shape index (κ2) is 9.91. The molecule has 0 aliphatic rings. The first kappa shape index (κ1) is 20.7. The van der Waals surface area contributed by atoms with Gasteiger partial charge < -0.3 is 10.2 Å². The molecule has 0 radical (unpaired) electrons. The Morgan fingerprint density at radius 1 is 0.963 bits per heavy atom. The Hall–Kier alpha value is -2.62. The number of nitrogens with one attached hydrogen (secondary N) is 1. The predicted molar refractivity (Wildman–Crippen MR) is 110 cm³/mol. The fourth-order valence-electron chi connectivity index (χ4n) is 3.10.